The Balaban J connectivity index is 1.97. The zero-order valence-electron chi connectivity index (χ0n) is 13.8. The lowest BCUT2D eigenvalue weighted by Crippen LogP contribution is -2.67. The molecule has 8 heteroatoms. The van der Waals surface area contributed by atoms with Gasteiger partial charge in [-0.25, -0.2) is 9.78 Å². The van der Waals surface area contributed by atoms with Crippen molar-refractivity contribution in [2.45, 2.75) is 50.0 Å². The minimum atomic E-state index is -0.574. The molecule has 0 unspecified atom stereocenters. The van der Waals surface area contributed by atoms with Gasteiger partial charge in [-0.2, -0.15) is 0 Å². The summed E-state index contributed by atoms with van der Waals surface area (Å²) in [4.78, 5) is 33.8. The first-order chi connectivity index (χ1) is 10.7. The highest BCUT2D eigenvalue weighted by Crippen LogP contribution is 2.36. The quantitative estimate of drug-likeness (QED) is 0.617. The maximum Gasteiger partial charge on any atom is 0.411 e. The average Bonchev–Trinajstić information content (AvgIpc) is 2.42. The maximum atomic E-state index is 12.6. The Labute approximate surface area is 138 Å². The molecule has 126 valence electrons. The molecule has 1 spiro atoms. The van der Waals surface area contributed by atoms with Gasteiger partial charge in [0.1, 0.15) is 5.60 Å². The van der Waals surface area contributed by atoms with Crippen molar-refractivity contribution in [2.24, 2.45) is 0 Å². The number of carbonyl (C=O) groups excluding carboxylic acids is 1. The van der Waals surface area contributed by atoms with Gasteiger partial charge in [-0.1, -0.05) is 11.8 Å². The van der Waals surface area contributed by atoms with Gasteiger partial charge >= 0.3 is 6.09 Å². The van der Waals surface area contributed by atoms with E-state index in [9.17, 15) is 9.59 Å². The predicted octanol–water partition coefficient (Wildman–Crippen LogP) is 1.55. The molecule has 2 aliphatic rings. The topological polar surface area (TPSA) is 84.5 Å². The van der Waals surface area contributed by atoms with Gasteiger partial charge in [0.2, 0.25) is 0 Å². The molecule has 1 N–H and O–H groups in total. The lowest BCUT2D eigenvalue weighted by molar-refractivity contribution is -0.144. The van der Waals surface area contributed by atoms with Gasteiger partial charge in [0.15, 0.2) is 5.16 Å². The second kappa shape index (κ2) is 5.52. The zero-order chi connectivity index (χ0) is 16.8. The molecule has 0 atom stereocenters. The highest BCUT2D eigenvalue weighted by molar-refractivity contribution is 7.98. The molecule has 2 aliphatic heterocycles. The molecule has 1 saturated heterocycles. The standard InChI is InChI=1S/C15H21N3O4S/c1-14(2,3)22-13(20)18-6-10-9(5-15(18)7-21-8-15)11(19)17-12(16-10)23-4/h5-8H2,1-4H3,(H,16,17,19). The highest BCUT2D eigenvalue weighted by Gasteiger charge is 2.51. The van der Waals surface area contributed by atoms with Gasteiger partial charge in [-0.3, -0.25) is 9.69 Å². The first-order valence-electron chi connectivity index (χ1n) is 7.48. The second-order valence-corrected chi connectivity index (χ2v) is 7.76. The first kappa shape index (κ1) is 16.3. The van der Waals surface area contributed by atoms with E-state index in [-0.39, 0.29) is 18.2 Å². The summed E-state index contributed by atoms with van der Waals surface area (Å²) < 4.78 is 10.9. The minimum Gasteiger partial charge on any atom is -0.444 e. The van der Waals surface area contributed by atoms with Crippen molar-refractivity contribution in [1.29, 1.82) is 0 Å². The normalized spacial score (nSPS) is 19.2. The van der Waals surface area contributed by atoms with Crippen molar-refractivity contribution in [3.05, 3.63) is 21.6 Å². The van der Waals surface area contributed by atoms with Crippen LogP contribution < -0.4 is 5.56 Å². The van der Waals surface area contributed by atoms with Gasteiger partial charge in [-0.15, -0.1) is 0 Å². The molecule has 1 aromatic heterocycles. The molecule has 3 heterocycles. The lowest BCUT2D eigenvalue weighted by atomic mass is 9.83. The Bertz CT molecular complexity index is 691. The van der Waals surface area contributed by atoms with E-state index in [2.05, 4.69) is 9.97 Å². The molecule has 1 amide bonds. The summed E-state index contributed by atoms with van der Waals surface area (Å²) in [6, 6.07) is 0. The van der Waals surface area contributed by atoms with E-state index in [0.717, 1.165) is 0 Å². The number of fused-ring (bicyclic) bond motifs is 1. The maximum absolute atomic E-state index is 12.6. The van der Waals surface area contributed by atoms with Crippen LogP contribution in [0.15, 0.2) is 9.95 Å². The third-order valence-corrected chi connectivity index (χ3v) is 4.59. The van der Waals surface area contributed by atoms with Crippen molar-refractivity contribution < 1.29 is 14.3 Å². The van der Waals surface area contributed by atoms with Crippen molar-refractivity contribution in [1.82, 2.24) is 14.9 Å². The fourth-order valence-electron chi connectivity index (χ4n) is 2.84. The van der Waals surface area contributed by atoms with Crippen LogP contribution >= 0.6 is 11.8 Å². The number of thioether (sulfide) groups is 1. The van der Waals surface area contributed by atoms with Crippen molar-refractivity contribution in [3.8, 4) is 0 Å². The first-order valence-corrected chi connectivity index (χ1v) is 8.71. The average molecular weight is 339 g/mol. The molecule has 1 fully saturated rings. The summed E-state index contributed by atoms with van der Waals surface area (Å²) in [5.41, 5.74) is 0.0851. The third kappa shape index (κ3) is 2.97. The number of nitrogens with one attached hydrogen (secondary N) is 1. The molecule has 0 bridgehead atoms. The number of H-pyrrole nitrogens is 1. The Hall–Kier alpha value is -1.54. The van der Waals surface area contributed by atoms with Gasteiger partial charge < -0.3 is 14.5 Å². The number of aromatic amines is 1. The molecule has 0 aliphatic carbocycles. The van der Waals surface area contributed by atoms with Crippen LogP contribution in [0.5, 0.6) is 0 Å². The van der Waals surface area contributed by atoms with Crippen LogP contribution in [0.4, 0.5) is 4.79 Å². The Kier molecular flexibility index (Phi) is 3.92. The Morgan fingerprint density at radius 1 is 1.43 bits per heavy atom. The SMILES string of the molecule is CSc1nc2c(c(=O)[nH]1)CC1(COC1)N(C(=O)OC(C)(C)C)C2. The largest absolute Gasteiger partial charge is 0.444 e. The smallest absolute Gasteiger partial charge is 0.411 e. The minimum absolute atomic E-state index is 0.130. The monoisotopic (exact) mass is 339 g/mol. The van der Waals surface area contributed by atoms with Crippen LogP contribution in [0.25, 0.3) is 0 Å². The summed E-state index contributed by atoms with van der Waals surface area (Å²) in [6.45, 7) is 6.60. The molecular formula is C15H21N3O4S. The second-order valence-electron chi connectivity index (χ2n) is 6.96. The molecule has 23 heavy (non-hydrogen) atoms. The zero-order valence-corrected chi connectivity index (χ0v) is 14.6. The predicted molar refractivity (Wildman–Crippen MR) is 85.7 cm³/mol. The van der Waals surface area contributed by atoms with Crippen LogP contribution in [0, 0.1) is 0 Å². The van der Waals surface area contributed by atoms with Crippen LogP contribution in [0.3, 0.4) is 0 Å². The van der Waals surface area contributed by atoms with E-state index in [4.69, 9.17) is 9.47 Å². The molecular weight excluding hydrogens is 318 g/mol. The van der Waals surface area contributed by atoms with Crippen LogP contribution in [0.2, 0.25) is 0 Å². The molecule has 0 aromatic carbocycles. The molecule has 1 aromatic rings. The van der Waals surface area contributed by atoms with E-state index < -0.39 is 11.1 Å². The van der Waals surface area contributed by atoms with Crippen molar-refractivity contribution in [3.63, 3.8) is 0 Å². The Morgan fingerprint density at radius 3 is 2.65 bits per heavy atom. The number of amides is 1. The van der Waals surface area contributed by atoms with E-state index >= 15 is 0 Å². The van der Waals surface area contributed by atoms with Crippen LogP contribution in [-0.2, 0) is 22.4 Å². The Morgan fingerprint density at radius 2 is 2.13 bits per heavy atom. The van der Waals surface area contributed by atoms with Crippen LogP contribution in [0.1, 0.15) is 32.0 Å². The fourth-order valence-corrected chi connectivity index (χ4v) is 3.24. The number of ether oxygens (including phenoxy) is 2. The third-order valence-electron chi connectivity index (χ3n) is 4.01. The highest BCUT2D eigenvalue weighted by atomic mass is 32.2. The van der Waals surface area contributed by atoms with E-state index in [1.54, 1.807) is 4.90 Å². The van der Waals surface area contributed by atoms with E-state index in [1.807, 2.05) is 27.0 Å². The summed E-state index contributed by atoms with van der Waals surface area (Å²) in [5, 5.41) is 0.554. The number of carbonyl (C=O) groups is 1. The molecule has 7 nitrogen and oxygen atoms in total. The van der Waals surface area contributed by atoms with Crippen molar-refractivity contribution in [2.75, 3.05) is 19.5 Å². The van der Waals surface area contributed by atoms with Gasteiger partial charge in [0, 0.05) is 12.0 Å². The molecule has 0 radical (unpaired) electrons. The number of rotatable bonds is 1. The van der Waals surface area contributed by atoms with E-state index in [0.29, 0.717) is 36.0 Å². The summed E-state index contributed by atoms with van der Waals surface area (Å²) >= 11 is 1.37. The van der Waals surface area contributed by atoms with Crippen LogP contribution in [-0.4, -0.2) is 51.6 Å². The van der Waals surface area contributed by atoms with Crippen molar-refractivity contribution >= 4 is 17.9 Å². The number of nitrogens with zero attached hydrogens (tertiary/aromatic N) is 2. The summed E-state index contributed by atoms with van der Waals surface area (Å²) in [5.74, 6) is 0. The number of hydrogen-bond donors (Lipinski definition) is 1. The number of hydrogen-bond acceptors (Lipinski definition) is 6. The van der Waals surface area contributed by atoms with E-state index in [1.165, 1.54) is 11.8 Å². The molecule has 0 saturated carbocycles. The fraction of sp³-hybridized carbons (Fsp3) is 0.667. The summed E-state index contributed by atoms with van der Waals surface area (Å²) in [6.07, 6.45) is 1.90. The van der Waals surface area contributed by atoms with Gasteiger partial charge in [0.25, 0.3) is 5.56 Å². The number of aromatic nitrogens is 2. The lowest BCUT2D eigenvalue weighted by Gasteiger charge is -2.51. The summed E-state index contributed by atoms with van der Waals surface area (Å²) in [7, 11) is 0. The van der Waals surface area contributed by atoms with Gasteiger partial charge in [0.05, 0.1) is 31.0 Å². The molecule has 3 rings (SSSR count). The van der Waals surface area contributed by atoms with Gasteiger partial charge in [-0.05, 0) is 27.0 Å².